The molecule has 0 bridgehead atoms. The minimum absolute atomic E-state index is 0.667. The van der Waals surface area contributed by atoms with Crippen molar-refractivity contribution in [2.24, 2.45) is 5.92 Å². The molecular formula is C14H20NO2. The Kier molecular flexibility index (Phi) is 4.26. The molecule has 0 aliphatic carbocycles. The summed E-state index contributed by atoms with van der Waals surface area (Å²) in [7, 11) is 3.83. The Bertz CT molecular complexity index is 346. The number of hydrogen-bond donors (Lipinski definition) is 0. The zero-order valence-electron chi connectivity index (χ0n) is 10.6. The van der Waals surface area contributed by atoms with E-state index < -0.39 is 0 Å². The zero-order chi connectivity index (χ0) is 12.1. The number of rotatable bonds is 4. The zero-order valence-corrected chi connectivity index (χ0v) is 10.6. The first-order valence-corrected chi connectivity index (χ1v) is 6.15. The van der Waals surface area contributed by atoms with Gasteiger partial charge in [0.05, 0.1) is 13.7 Å². The summed E-state index contributed by atoms with van der Waals surface area (Å²) in [5, 5.41) is 0. The number of hydrogen-bond acceptors (Lipinski definition) is 3. The first-order chi connectivity index (χ1) is 8.29. The third kappa shape index (κ3) is 3.37. The van der Waals surface area contributed by atoms with E-state index in [0.29, 0.717) is 5.92 Å². The molecule has 0 atom stereocenters. The van der Waals surface area contributed by atoms with Crippen LogP contribution in [-0.2, 0) is 0 Å². The lowest BCUT2D eigenvalue weighted by atomic mass is 9.98. The van der Waals surface area contributed by atoms with Gasteiger partial charge in [0.2, 0.25) is 0 Å². The van der Waals surface area contributed by atoms with Gasteiger partial charge < -0.3 is 14.4 Å². The molecule has 1 aliphatic heterocycles. The molecule has 0 unspecified atom stereocenters. The predicted molar refractivity (Wildman–Crippen MR) is 67.5 cm³/mol. The molecule has 0 saturated carbocycles. The van der Waals surface area contributed by atoms with E-state index in [1.807, 2.05) is 18.2 Å². The van der Waals surface area contributed by atoms with Crippen molar-refractivity contribution in [2.75, 3.05) is 33.9 Å². The maximum Gasteiger partial charge on any atom is 0.161 e. The molecule has 93 valence electrons. The third-order valence-corrected chi connectivity index (χ3v) is 3.32. The molecule has 1 aromatic rings. The van der Waals surface area contributed by atoms with Gasteiger partial charge in [0.25, 0.3) is 0 Å². The van der Waals surface area contributed by atoms with Gasteiger partial charge in [-0.2, -0.15) is 0 Å². The number of likely N-dealkylation sites (tertiary alicyclic amines) is 1. The van der Waals surface area contributed by atoms with Crippen molar-refractivity contribution in [3.63, 3.8) is 0 Å². The number of piperidine rings is 1. The van der Waals surface area contributed by atoms with Crippen molar-refractivity contribution < 1.29 is 9.47 Å². The summed E-state index contributed by atoms with van der Waals surface area (Å²) < 4.78 is 11.1. The fourth-order valence-electron chi connectivity index (χ4n) is 2.12. The van der Waals surface area contributed by atoms with Gasteiger partial charge in [0, 0.05) is 0 Å². The number of ether oxygens (including phenoxy) is 2. The second kappa shape index (κ2) is 5.92. The molecule has 0 aromatic heterocycles. The highest BCUT2D eigenvalue weighted by Gasteiger charge is 2.17. The van der Waals surface area contributed by atoms with E-state index in [2.05, 4.69) is 18.0 Å². The smallest absolute Gasteiger partial charge is 0.161 e. The summed E-state index contributed by atoms with van der Waals surface area (Å²) in [4.78, 5) is 2.37. The van der Waals surface area contributed by atoms with Crippen LogP contribution in [0.1, 0.15) is 12.8 Å². The average Bonchev–Trinajstić information content (AvgIpc) is 2.38. The Hall–Kier alpha value is -1.22. The number of benzene rings is 1. The molecule has 0 amide bonds. The standard InChI is InChI=1S/C14H20NO2/c1-15-9-7-12(8-10-15)11-17-14-6-4-3-5-13(14)16-2/h4-6,12H,7-11H2,1-2H3. The van der Waals surface area contributed by atoms with E-state index in [9.17, 15) is 0 Å². The van der Waals surface area contributed by atoms with Crippen LogP contribution in [0.5, 0.6) is 11.5 Å². The highest BCUT2D eigenvalue weighted by Crippen LogP contribution is 2.27. The first kappa shape index (κ1) is 12.2. The van der Waals surface area contributed by atoms with E-state index in [0.717, 1.165) is 18.1 Å². The van der Waals surface area contributed by atoms with Gasteiger partial charge >= 0.3 is 0 Å². The minimum atomic E-state index is 0.667. The largest absolute Gasteiger partial charge is 0.493 e. The Morgan fingerprint density at radius 2 is 2.12 bits per heavy atom. The van der Waals surface area contributed by atoms with Crippen molar-refractivity contribution in [3.8, 4) is 11.5 Å². The predicted octanol–water partition coefficient (Wildman–Crippen LogP) is 2.22. The molecule has 3 nitrogen and oxygen atoms in total. The molecular weight excluding hydrogens is 214 g/mol. The molecule has 17 heavy (non-hydrogen) atoms. The Morgan fingerprint density at radius 1 is 1.35 bits per heavy atom. The maximum atomic E-state index is 5.84. The lowest BCUT2D eigenvalue weighted by molar-refractivity contribution is 0.157. The van der Waals surface area contributed by atoms with Crippen LogP contribution in [0.4, 0.5) is 0 Å². The van der Waals surface area contributed by atoms with Crippen LogP contribution >= 0.6 is 0 Å². The van der Waals surface area contributed by atoms with Gasteiger partial charge in [-0.1, -0.05) is 6.07 Å². The summed E-state index contributed by atoms with van der Waals surface area (Å²) in [5.74, 6) is 2.26. The molecule has 1 aromatic carbocycles. The minimum Gasteiger partial charge on any atom is -0.493 e. The van der Waals surface area contributed by atoms with Gasteiger partial charge in [-0.15, -0.1) is 0 Å². The molecule has 3 heteroatoms. The van der Waals surface area contributed by atoms with E-state index in [4.69, 9.17) is 9.47 Å². The molecule has 1 aliphatic rings. The fourth-order valence-corrected chi connectivity index (χ4v) is 2.12. The van der Waals surface area contributed by atoms with Crippen LogP contribution in [-0.4, -0.2) is 38.8 Å². The topological polar surface area (TPSA) is 21.7 Å². The lowest BCUT2D eigenvalue weighted by Gasteiger charge is -2.28. The average molecular weight is 234 g/mol. The number of methoxy groups -OCH3 is 1. The van der Waals surface area contributed by atoms with Crippen LogP contribution in [0.15, 0.2) is 18.2 Å². The monoisotopic (exact) mass is 234 g/mol. The fraction of sp³-hybridized carbons (Fsp3) is 0.571. The van der Waals surface area contributed by atoms with E-state index >= 15 is 0 Å². The third-order valence-electron chi connectivity index (χ3n) is 3.32. The second-order valence-corrected chi connectivity index (χ2v) is 4.63. The van der Waals surface area contributed by atoms with Gasteiger partial charge in [0.15, 0.2) is 11.5 Å². The van der Waals surface area contributed by atoms with Gasteiger partial charge in [-0.25, -0.2) is 0 Å². The molecule has 1 heterocycles. The van der Waals surface area contributed by atoms with Crippen LogP contribution in [0, 0.1) is 12.0 Å². The summed E-state index contributed by atoms with van der Waals surface area (Å²) in [6.45, 7) is 3.13. The van der Waals surface area contributed by atoms with Gasteiger partial charge in [-0.05, 0) is 57.1 Å². The Morgan fingerprint density at radius 3 is 2.82 bits per heavy atom. The Balaban J connectivity index is 1.85. The summed E-state index contributed by atoms with van der Waals surface area (Å²) in [6, 6.07) is 8.56. The highest BCUT2D eigenvalue weighted by molar-refractivity contribution is 5.38. The Labute approximate surface area is 103 Å². The molecule has 2 rings (SSSR count). The SMILES string of the molecule is COc1c[c]ccc1OCC1CCN(C)CC1. The normalized spacial score (nSPS) is 18.0. The molecule has 0 N–H and O–H groups in total. The molecule has 1 radical (unpaired) electrons. The number of nitrogens with zero attached hydrogens (tertiary/aromatic N) is 1. The van der Waals surface area contributed by atoms with E-state index in [1.165, 1.54) is 25.9 Å². The maximum absolute atomic E-state index is 5.84. The van der Waals surface area contributed by atoms with Crippen molar-refractivity contribution in [1.29, 1.82) is 0 Å². The van der Waals surface area contributed by atoms with E-state index in [-0.39, 0.29) is 0 Å². The van der Waals surface area contributed by atoms with Crippen LogP contribution in [0.2, 0.25) is 0 Å². The van der Waals surface area contributed by atoms with Gasteiger partial charge in [0.1, 0.15) is 0 Å². The van der Waals surface area contributed by atoms with Crippen molar-refractivity contribution in [3.05, 3.63) is 24.3 Å². The first-order valence-electron chi connectivity index (χ1n) is 6.15. The highest BCUT2D eigenvalue weighted by atomic mass is 16.5. The van der Waals surface area contributed by atoms with Crippen LogP contribution in [0.3, 0.4) is 0 Å². The molecule has 0 spiro atoms. The quantitative estimate of drug-likeness (QED) is 0.797. The van der Waals surface area contributed by atoms with Gasteiger partial charge in [-0.3, -0.25) is 0 Å². The molecule has 1 fully saturated rings. The summed E-state index contributed by atoms with van der Waals surface area (Å²) in [6.07, 6.45) is 2.44. The summed E-state index contributed by atoms with van der Waals surface area (Å²) in [5.41, 5.74) is 0. The van der Waals surface area contributed by atoms with Crippen molar-refractivity contribution in [2.45, 2.75) is 12.8 Å². The summed E-state index contributed by atoms with van der Waals surface area (Å²) >= 11 is 0. The van der Waals surface area contributed by atoms with Crippen LogP contribution < -0.4 is 9.47 Å². The van der Waals surface area contributed by atoms with Crippen LogP contribution in [0.25, 0.3) is 0 Å². The van der Waals surface area contributed by atoms with Crippen molar-refractivity contribution >= 4 is 0 Å². The van der Waals surface area contributed by atoms with E-state index in [1.54, 1.807) is 7.11 Å². The lowest BCUT2D eigenvalue weighted by Crippen LogP contribution is -2.32. The molecule has 1 saturated heterocycles. The van der Waals surface area contributed by atoms with Crippen molar-refractivity contribution in [1.82, 2.24) is 4.90 Å². The second-order valence-electron chi connectivity index (χ2n) is 4.63.